The van der Waals surface area contributed by atoms with Gasteiger partial charge in [-0.3, -0.25) is 9.48 Å². The molecule has 0 bridgehead atoms. The Labute approximate surface area is 178 Å². The molecule has 2 aliphatic rings. The highest BCUT2D eigenvalue weighted by molar-refractivity contribution is 5.84. The van der Waals surface area contributed by atoms with Crippen LogP contribution < -0.4 is 5.32 Å². The molecule has 31 heavy (non-hydrogen) atoms. The molecule has 1 aromatic carbocycles. The van der Waals surface area contributed by atoms with E-state index in [1.807, 2.05) is 0 Å². The second-order valence-corrected chi connectivity index (χ2v) is 8.03. The van der Waals surface area contributed by atoms with Gasteiger partial charge in [-0.15, -0.1) is 0 Å². The van der Waals surface area contributed by atoms with Gasteiger partial charge in [0.05, 0.1) is 12.1 Å². The number of aryl methyl sites for hydroxylation is 1. The topological polar surface area (TPSA) is 68.6 Å². The molecule has 2 aromatic rings. The Bertz CT molecular complexity index is 920. The third-order valence-corrected chi connectivity index (χ3v) is 5.63. The van der Waals surface area contributed by atoms with E-state index in [1.165, 1.54) is 10.7 Å². The number of hydrogen-bond acceptors (Lipinski definition) is 5. The first-order chi connectivity index (χ1) is 14.9. The number of rotatable bonds is 8. The molecule has 1 atom stereocenters. The summed E-state index contributed by atoms with van der Waals surface area (Å²) in [5, 5.41) is 7.07. The number of carbonyl (C=O) groups is 1. The number of fused-ring (bicyclic) bond motifs is 1. The van der Waals surface area contributed by atoms with Gasteiger partial charge >= 0.3 is 6.18 Å². The molecule has 2 heterocycles. The number of hydrogen-bond donors (Lipinski definition) is 1. The van der Waals surface area contributed by atoms with Crippen LogP contribution in [0.4, 0.5) is 13.2 Å². The number of alkyl halides is 3. The number of methoxy groups -OCH3 is 1. The first-order valence-electron chi connectivity index (χ1n) is 10.6. The molecule has 4 rings (SSSR count). The molecule has 1 aliphatic carbocycles. The van der Waals surface area contributed by atoms with Gasteiger partial charge in [0.1, 0.15) is 6.10 Å². The Morgan fingerprint density at radius 3 is 2.84 bits per heavy atom. The number of carbonyl (C=O) groups excluding carboxylic acids is 1. The van der Waals surface area contributed by atoms with Crippen LogP contribution in [0.2, 0.25) is 0 Å². The van der Waals surface area contributed by atoms with E-state index in [-0.39, 0.29) is 17.3 Å². The van der Waals surface area contributed by atoms with E-state index in [0.29, 0.717) is 44.8 Å². The number of benzene rings is 1. The normalized spacial score (nSPS) is 19.7. The van der Waals surface area contributed by atoms with Gasteiger partial charge in [0, 0.05) is 51.3 Å². The average molecular weight is 440 g/mol. The highest BCUT2D eigenvalue weighted by atomic mass is 19.4. The van der Waals surface area contributed by atoms with Gasteiger partial charge in [-0.05, 0) is 30.9 Å². The molecule has 1 N–H and O–H groups in total. The molecule has 1 aliphatic heterocycles. The molecule has 0 radical (unpaired) electrons. The van der Waals surface area contributed by atoms with Crippen LogP contribution in [0, 0.1) is 0 Å². The number of aromatic nitrogens is 2. The van der Waals surface area contributed by atoms with Crippen molar-refractivity contribution < 1.29 is 27.4 Å². The van der Waals surface area contributed by atoms with Crippen LogP contribution in [0.15, 0.2) is 18.2 Å². The molecule has 1 saturated heterocycles. The Balaban J connectivity index is 1.60. The van der Waals surface area contributed by atoms with Crippen LogP contribution in [0.25, 0.3) is 10.9 Å². The van der Waals surface area contributed by atoms with Crippen molar-refractivity contribution in [2.75, 3.05) is 33.4 Å². The van der Waals surface area contributed by atoms with Crippen LogP contribution >= 0.6 is 0 Å². The summed E-state index contributed by atoms with van der Waals surface area (Å²) in [5.41, 5.74) is 0.307. The lowest BCUT2D eigenvalue weighted by Gasteiger charge is -2.30. The number of nitrogens with zero attached hydrogens (tertiary/aromatic N) is 3. The molecule has 1 aromatic heterocycles. The lowest BCUT2D eigenvalue weighted by molar-refractivity contribution is -0.146. The van der Waals surface area contributed by atoms with Gasteiger partial charge < -0.3 is 19.7 Å². The number of ether oxygens (including phenoxy) is 2. The van der Waals surface area contributed by atoms with Gasteiger partial charge in [-0.1, -0.05) is 12.1 Å². The summed E-state index contributed by atoms with van der Waals surface area (Å²) < 4.78 is 52.5. The SMILES string of the molecule is COCCCn1nc(C(F)(F)F)c2ccc(CN(C(=O)[C@H]3CNCCO3)C3CC3)cc21. The van der Waals surface area contributed by atoms with Crippen LogP contribution in [0.5, 0.6) is 0 Å². The largest absolute Gasteiger partial charge is 0.435 e. The fourth-order valence-electron chi connectivity index (χ4n) is 3.94. The Morgan fingerprint density at radius 2 is 2.19 bits per heavy atom. The van der Waals surface area contributed by atoms with Crippen LogP contribution in [-0.4, -0.2) is 66.1 Å². The monoisotopic (exact) mass is 440 g/mol. The summed E-state index contributed by atoms with van der Waals surface area (Å²) in [5.74, 6) is -0.0700. The quantitative estimate of drug-likeness (QED) is 0.639. The average Bonchev–Trinajstić information content (AvgIpc) is 3.53. The van der Waals surface area contributed by atoms with Gasteiger partial charge in [0.2, 0.25) is 0 Å². The first-order valence-corrected chi connectivity index (χ1v) is 10.6. The van der Waals surface area contributed by atoms with Crippen LogP contribution in [-0.2, 0) is 33.5 Å². The minimum atomic E-state index is -4.53. The highest BCUT2D eigenvalue weighted by Crippen LogP contribution is 2.35. The molecule has 0 unspecified atom stereocenters. The van der Waals surface area contributed by atoms with E-state index in [4.69, 9.17) is 9.47 Å². The molecule has 170 valence electrons. The number of amides is 1. The maximum absolute atomic E-state index is 13.5. The summed E-state index contributed by atoms with van der Waals surface area (Å²) in [6.45, 7) is 2.77. The zero-order chi connectivity index (χ0) is 22.0. The van der Waals surface area contributed by atoms with Crippen molar-refractivity contribution in [1.29, 1.82) is 0 Å². The van der Waals surface area contributed by atoms with Gasteiger partial charge in [0.25, 0.3) is 5.91 Å². The fraction of sp³-hybridized carbons (Fsp3) is 0.619. The summed E-state index contributed by atoms with van der Waals surface area (Å²) >= 11 is 0. The van der Waals surface area contributed by atoms with E-state index in [0.717, 1.165) is 24.9 Å². The van der Waals surface area contributed by atoms with Crippen molar-refractivity contribution in [2.24, 2.45) is 0 Å². The van der Waals surface area contributed by atoms with E-state index in [1.54, 1.807) is 24.1 Å². The Kier molecular flexibility index (Phi) is 6.49. The lowest BCUT2D eigenvalue weighted by atomic mass is 10.1. The third kappa shape index (κ3) is 5.02. The predicted molar refractivity (Wildman–Crippen MR) is 107 cm³/mol. The Morgan fingerprint density at radius 1 is 1.39 bits per heavy atom. The van der Waals surface area contributed by atoms with Gasteiger partial charge in [-0.25, -0.2) is 0 Å². The van der Waals surface area contributed by atoms with Crippen LogP contribution in [0.3, 0.4) is 0 Å². The summed E-state index contributed by atoms with van der Waals surface area (Å²) in [4.78, 5) is 14.8. The lowest BCUT2D eigenvalue weighted by Crippen LogP contribution is -2.49. The van der Waals surface area contributed by atoms with Gasteiger partial charge in [-0.2, -0.15) is 18.3 Å². The predicted octanol–water partition coefficient (Wildman–Crippen LogP) is 2.57. The van der Waals surface area contributed by atoms with E-state index >= 15 is 0 Å². The second-order valence-electron chi connectivity index (χ2n) is 8.03. The van der Waals surface area contributed by atoms with Crippen molar-refractivity contribution in [3.8, 4) is 0 Å². The zero-order valence-electron chi connectivity index (χ0n) is 17.5. The minimum absolute atomic E-state index is 0.0674. The van der Waals surface area contributed by atoms with E-state index in [9.17, 15) is 18.0 Å². The second kappa shape index (κ2) is 9.13. The molecular weight excluding hydrogens is 413 g/mol. The van der Waals surface area contributed by atoms with Crippen molar-refractivity contribution in [1.82, 2.24) is 20.0 Å². The smallest absolute Gasteiger partial charge is 0.385 e. The number of nitrogens with one attached hydrogen (secondary N) is 1. The first kappa shape index (κ1) is 22.0. The summed E-state index contributed by atoms with van der Waals surface area (Å²) in [7, 11) is 1.55. The summed E-state index contributed by atoms with van der Waals surface area (Å²) in [6, 6.07) is 4.99. The van der Waals surface area contributed by atoms with Crippen molar-refractivity contribution in [3.63, 3.8) is 0 Å². The molecule has 1 amide bonds. The van der Waals surface area contributed by atoms with Crippen molar-refractivity contribution in [2.45, 2.75) is 50.7 Å². The molecular formula is C21H27F3N4O3. The Hall–Kier alpha value is -2.17. The molecule has 10 heteroatoms. The fourth-order valence-corrected chi connectivity index (χ4v) is 3.94. The number of morpholine rings is 1. The molecule has 7 nitrogen and oxygen atoms in total. The van der Waals surface area contributed by atoms with Crippen LogP contribution in [0.1, 0.15) is 30.5 Å². The highest BCUT2D eigenvalue weighted by Gasteiger charge is 2.38. The molecule has 1 saturated carbocycles. The van der Waals surface area contributed by atoms with Crippen molar-refractivity contribution >= 4 is 16.8 Å². The van der Waals surface area contributed by atoms with E-state index in [2.05, 4.69) is 10.4 Å². The van der Waals surface area contributed by atoms with E-state index < -0.39 is 18.0 Å². The molecule has 2 fully saturated rings. The standard InChI is InChI=1S/C21H27F3N4O3/c1-30-9-2-8-28-17-11-14(3-6-16(17)19(26-28)21(22,23)24)13-27(15-4-5-15)20(29)18-12-25-7-10-31-18/h3,6,11,15,18,25H,2,4-5,7-10,12-13H2,1H3/t18-/m1/s1. The maximum atomic E-state index is 13.5. The third-order valence-electron chi connectivity index (χ3n) is 5.63. The summed E-state index contributed by atoms with van der Waals surface area (Å²) in [6.07, 6.45) is -2.64. The van der Waals surface area contributed by atoms with Crippen molar-refractivity contribution in [3.05, 3.63) is 29.5 Å². The zero-order valence-corrected chi connectivity index (χ0v) is 17.5. The number of halogens is 3. The maximum Gasteiger partial charge on any atom is 0.435 e. The molecule has 0 spiro atoms. The van der Waals surface area contributed by atoms with Gasteiger partial charge in [0.15, 0.2) is 5.69 Å². The minimum Gasteiger partial charge on any atom is -0.385 e.